The van der Waals surface area contributed by atoms with Crippen LogP contribution in [0.25, 0.3) is 10.1 Å². The van der Waals surface area contributed by atoms with Gasteiger partial charge in [0.25, 0.3) is 0 Å². The lowest BCUT2D eigenvalue weighted by molar-refractivity contribution is 0.0694. The Morgan fingerprint density at radius 2 is 2.15 bits per heavy atom. The molecule has 0 saturated heterocycles. The summed E-state index contributed by atoms with van der Waals surface area (Å²) in [4.78, 5) is 15.4. The number of carboxylic acids is 1. The highest BCUT2D eigenvalue weighted by molar-refractivity contribution is 9.10. The summed E-state index contributed by atoms with van der Waals surface area (Å²) in [5.41, 5.74) is 0.0911. The Morgan fingerprint density at radius 3 is 2.95 bits per heavy atom. The van der Waals surface area contributed by atoms with Gasteiger partial charge in [-0.3, -0.25) is 0 Å². The van der Waals surface area contributed by atoms with Gasteiger partial charge in [-0.25, -0.2) is 9.78 Å². The number of aromatic carboxylic acids is 1. The summed E-state index contributed by atoms with van der Waals surface area (Å²) in [6.45, 7) is 0. The van der Waals surface area contributed by atoms with Gasteiger partial charge in [-0.1, -0.05) is 15.9 Å². The number of fused-ring (bicyclic) bond motifs is 1. The predicted octanol–water partition coefficient (Wildman–Crippen LogP) is 4.55. The molecular formula is C14H8BrNO3S. The van der Waals surface area contributed by atoms with Gasteiger partial charge in [-0.05, 0) is 35.7 Å². The van der Waals surface area contributed by atoms with Gasteiger partial charge in [0.1, 0.15) is 11.3 Å². The van der Waals surface area contributed by atoms with Crippen molar-refractivity contribution in [3.63, 3.8) is 0 Å². The molecule has 1 aromatic carbocycles. The molecule has 1 N–H and O–H groups in total. The number of benzene rings is 1. The van der Waals surface area contributed by atoms with Crippen LogP contribution in [0.4, 0.5) is 0 Å². The van der Waals surface area contributed by atoms with Crippen molar-refractivity contribution < 1.29 is 14.6 Å². The van der Waals surface area contributed by atoms with Crippen LogP contribution in [0.5, 0.6) is 11.6 Å². The molecule has 20 heavy (non-hydrogen) atoms. The van der Waals surface area contributed by atoms with E-state index in [1.165, 1.54) is 6.07 Å². The lowest BCUT2D eigenvalue weighted by atomic mass is 10.2. The maximum Gasteiger partial charge on any atom is 0.339 e. The summed E-state index contributed by atoms with van der Waals surface area (Å²) in [5.74, 6) is -0.362. The van der Waals surface area contributed by atoms with E-state index >= 15 is 0 Å². The molecule has 3 rings (SSSR count). The Balaban J connectivity index is 2.07. The standard InChI is InChI=1S/C14H8BrNO3S/c15-8-1-2-11(10(7-8)14(17)18)19-13-9-4-6-20-12(9)3-5-16-13/h1-7H,(H,17,18). The van der Waals surface area contributed by atoms with Gasteiger partial charge in [0, 0.05) is 15.4 Å². The second-order valence-electron chi connectivity index (χ2n) is 4.00. The molecule has 0 aliphatic rings. The Hall–Kier alpha value is -1.92. The van der Waals surface area contributed by atoms with Crippen molar-refractivity contribution in [2.24, 2.45) is 0 Å². The van der Waals surface area contributed by atoms with Crippen LogP contribution in [0.3, 0.4) is 0 Å². The molecule has 2 aromatic heterocycles. The molecule has 4 nitrogen and oxygen atoms in total. The van der Waals surface area contributed by atoms with Crippen LogP contribution in [0.1, 0.15) is 10.4 Å². The average molecular weight is 350 g/mol. The molecule has 0 aliphatic carbocycles. The fraction of sp³-hybridized carbons (Fsp3) is 0. The van der Waals surface area contributed by atoms with Crippen molar-refractivity contribution in [2.45, 2.75) is 0 Å². The summed E-state index contributed by atoms with van der Waals surface area (Å²) in [7, 11) is 0. The lowest BCUT2D eigenvalue weighted by Gasteiger charge is -2.09. The van der Waals surface area contributed by atoms with Gasteiger partial charge in [0.05, 0.1) is 5.39 Å². The summed E-state index contributed by atoms with van der Waals surface area (Å²) in [6.07, 6.45) is 1.65. The highest BCUT2D eigenvalue weighted by Crippen LogP contribution is 2.33. The molecule has 6 heteroatoms. The molecule has 0 spiro atoms. The molecule has 0 radical (unpaired) electrons. The van der Waals surface area contributed by atoms with Gasteiger partial charge >= 0.3 is 5.97 Å². The van der Waals surface area contributed by atoms with Crippen molar-refractivity contribution in [1.82, 2.24) is 4.98 Å². The fourth-order valence-electron chi connectivity index (χ4n) is 1.81. The third kappa shape index (κ3) is 2.39. The molecular weight excluding hydrogens is 342 g/mol. The molecule has 2 heterocycles. The molecule has 0 amide bonds. The van der Waals surface area contributed by atoms with E-state index in [1.54, 1.807) is 29.7 Å². The summed E-state index contributed by atoms with van der Waals surface area (Å²) < 4.78 is 7.42. The van der Waals surface area contributed by atoms with Gasteiger partial charge in [-0.15, -0.1) is 11.3 Å². The second-order valence-corrected chi connectivity index (χ2v) is 5.86. The molecule has 0 atom stereocenters. The first-order valence-corrected chi connectivity index (χ1v) is 7.35. The Morgan fingerprint density at radius 1 is 1.30 bits per heavy atom. The Labute approximate surface area is 126 Å². The first-order chi connectivity index (χ1) is 9.65. The smallest absolute Gasteiger partial charge is 0.339 e. The zero-order chi connectivity index (χ0) is 14.1. The third-order valence-corrected chi connectivity index (χ3v) is 4.10. The maximum absolute atomic E-state index is 11.3. The fourth-order valence-corrected chi connectivity index (χ4v) is 2.95. The van der Waals surface area contributed by atoms with Crippen LogP contribution in [0, 0.1) is 0 Å². The molecule has 0 saturated carbocycles. The van der Waals surface area contributed by atoms with Crippen molar-refractivity contribution in [3.05, 3.63) is 51.9 Å². The summed E-state index contributed by atoms with van der Waals surface area (Å²) >= 11 is 4.83. The van der Waals surface area contributed by atoms with Gasteiger partial charge in [-0.2, -0.15) is 0 Å². The van der Waals surface area contributed by atoms with Gasteiger partial charge in [0.2, 0.25) is 5.88 Å². The number of rotatable bonds is 3. The molecule has 0 unspecified atom stereocenters. The summed E-state index contributed by atoms with van der Waals surface area (Å²) in [5, 5.41) is 12.0. The van der Waals surface area contributed by atoms with Crippen LogP contribution < -0.4 is 4.74 Å². The van der Waals surface area contributed by atoms with E-state index < -0.39 is 5.97 Å². The van der Waals surface area contributed by atoms with Crippen molar-refractivity contribution in [2.75, 3.05) is 0 Å². The number of hydrogen-bond donors (Lipinski definition) is 1. The number of hydrogen-bond acceptors (Lipinski definition) is 4. The molecule has 0 aliphatic heterocycles. The zero-order valence-corrected chi connectivity index (χ0v) is 12.4. The molecule has 100 valence electrons. The van der Waals surface area contributed by atoms with E-state index in [0.717, 1.165) is 10.1 Å². The van der Waals surface area contributed by atoms with Crippen molar-refractivity contribution >= 4 is 43.3 Å². The minimum absolute atomic E-state index is 0.0911. The average Bonchev–Trinajstić information content (AvgIpc) is 2.90. The van der Waals surface area contributed by atoms with Crippen LogP contribution in [-0.2, 0) is 0 Å². The number of carboxylic acid groups (broad SMARTS) is 1. The number of nitrogens with zero attached hydrogens (tertiary/aromatic N) is 1. The van der Waals surface area contributed by atoms with E-state index in [-0.39, 0.29) is 11.3 Å². The zero-order valence-electron chi connectivity index (χ0n) is 10.0. The van der Waals surface area contributed by atoms with E-state index in [0.29, 0.717) is 10.4 Å². The maximum atomic E-state index is 11.3. The van der Waals surface area contributed by atoms with E-state index in [2.05, 4.69) is 20.9 Å². The van der Waals surface area contributed by atoms with Crippen molar-refractivity contribution in [1.29, 1.82) is 0 Å². The SMILES string of the molecule is O=C(O)c1cc(Br)ccc1Oc1nccc2sccc12. The Bertz CT molecular complexity index is 800. The van der Waals surface area contributed by atoms with E-state index in [1.807, 2.05) is 17.5 Å². The quantitative estimate of drug-likeness (QED) is 0.753. The normalized spacial score (nSPS) is 10.7. The minimum Gasteiger partial charge on any atom is -0.478 e. The molecule has 0 bridgehead atoms. The van der Waals surface area contributed by atoms with Gasteiger partial charge in [0.15, 0.2) is 0 Å². The van der Waals surface area contributed by atoms with Crippen molar-refractivity contribution in [3.8, 4) is 11.6 Å². The number of carbonyl (C=O) groups is 1. The number of aromatic nitrogens is 1. The first kappa shape index (κ1) is 13.1. The van der Waals surface area contributed by atoms with Crippen LogP contribution in [0.2, 0.25) is 0 Å². The van der Waals surface area contributed by atoms with Crippen LogP contribution in [-0.4, -0.2) is 16.1 Å². The Kier molecular flexibility index (Phi) is 3.42. The highest BCUT2D eigenvalue weighted by Gasteiger charge is 2.14. The highest BCUT2D eigenvalue weighted by atomic mass is 79.9. The second kappa shape index (κ2) is 5.22. The van der Waals surface area contributed by atoms with E-state index in [4.69, 9.17) is 4.74 Å². The first-order valence-electron chi connectivity index (χ1n) is 5.68. The largest absolute Gasteiger partial charge is 0.478 e. The van der Waals surface area contributed by atoms with Crippen LogP contribution >= 0.6 is 27.3 Å². The number of thiophene rings is 1. The number of pyridine rings is 1. The minimum atomic E-state index is -1.04. The number of ether oxygens (including phenoxy) is 1. The lowest BCUT2D eigenvalue weighted by Crippen LogP contribution is -2.00. The summed E-state index contributed by atoms with van der Waals surface area (Å²) in [6, 6.07) is 8.65. The van der Waals surface area contributed by atoms with E-state index in [9.17, 15) is 9.90 Å². The third-order valence-electron chi connectivity index (χ3n) is 2.72. The molecule has 0 fully saturated rings. The number of halogens is 1. The van der Waals surface area contributed by atoms with Gasteiger partial charge < -0.3 is 9.84 Å². The molecule has 3 aromatic rings. The predicted molar refractivity (Wildman–Crippen MR) is 80.8 cm³/mol. The monoisotopic (exact) mass is 349 g/mol. The topological polar surface area (TPSA) is 59.4 Å². The van der Waals surface area contributed by atoms with Crippen LogP contribution in [0.15, 0.2) is 46.4 Å².